The molecular weight excluding hydrogens is 116 g/mol. The molecule has 3 nitrogen and oxygen atoms in total. The van der Waals surface area contributed by atoms with Gasteiger partial charge < -0.3 is 4.42 Å². The van der Waals surface area contributed by atoms with Gasteiger partial charge in [-0.2, -0.15) is 5.26 Å². The second-order valence-corrected chi connectivity index (χ2v) is 1.60. The van der Waals surface area contributed by atoms with Gasteiger partial charge in [0, 0.05) is 6.42 Å². The van der Waals surface area contributed by atoms with Crippen molar-refractivity contribution in [3.8, 4) is 6.07 Å². The van der Waals surface area contributed by atoms with Crippen LogP contribution in [0.1, 0.15) is 18.6 Å². The highest BCUT2D eigenvalue weighted by Gasteiger charge is 1.97. The average Bonchev–Trinajstić information content (AvgIpc) is 2.34. The van der Waals surface area contributed by atoms with E-state index in [0.29, 0.717) is 0 Å². The van der Waals surface area contributed by atoms with Crippen LogP contribution in [-0.2, 0) is 6.42 Å². The molecular formula is C6H6N2O. The third kappa shape index (κ3) is 1.08. The molecule has 0 aliphatic heterocycles. The molecule has 1 aromatic rings. The highest BCUT2D eigenvalue weighted by atomic mass is 16.4. The van der Waals surface area contributed by atoms with Gasteiger partial charge in [0.15, 0.2) is 6.07 Å². The zero-order chi connectivity index (χ0) is 6.69. The van der Waals surface area contributed by atoms with Gasteiger partial charge in [-0.1, -0.05) is 6.92 Å². The van der Waals surface area contributed by atoms with Crippen LogP contribution in [0.25, 0.3) is 0 Å². The number of rotatable bonds is 1. The van der Waals surface area contributed by atoms with Gasteiger partial charge in [-0.05, 0) is 0 Å². The van der Waals surface area contributed by atoms with Gasteiger partial charge in [0.1, 0.15) is 5.76 Å². The van der Waals surface area contributed by atoms with Crippen molar-refractivity contribution in [3.63, 3.8) is 0 Å². The van der Waals surface area contributed by atoms with Gasteiger partial charge in [-0.15, -0.1) is 0 Å². The van der Waals surface area contributed by atoms with Crippen LogP contribution in [-0.4, -0.2) is 4.98 Å². The Hall–Kier alpha value is -1.30. The van der Waals surface area contributed by atoms with Crippen LogP contribution in [0.3, 0.4) is 0 Å². The van der Waals surface area contributed by atoms with Gasteiger partial charge in [0.05, 0.1) is 6.20 Å². The van der Waals surface area contributed by atoms with Crippen molar-refractivity contribution < 1.29 is 4.42 Å². The Balaban J connectivity index is 2.90. The number of hydrogen-bond donors (Lipinski definition) is 0. The van der Waals surface area contributed by atoms with E-state index in [0.717, 1.165) is 12.2 Å². The minimum absolute atomic E-state index is 0.145. The molecule has 0 saturated heterocycles. The number of hydrogen-bond acceptors (Lipinski definition) is 3. The zero-order valence-corrected chi connectivity index (χ0v) is 5.09. The lowest BCUT2D eigenvalue weighted by Gasteiger charge is -1.79. The van der Waals surface area contributed by atoms with Gasteiger partial charge >= 0.3 is 5.89 Å². The summed E-state index contributed by atoms with van der Waals surface area (Å²) < 4.78 is 4.91. The number of aryl methyl sites for hydroxylation is 1. The fourth-order valence-corrected chi connectivity index (χ4v) is 0.523. The predicted molar refractivity (Wildman–Crippen MR) is 30.6 cm³/mol. The summed E-state index contributed by atoms with van der Waals surface area (Å²) in [6.07, 6.45) is 2.35. The summed E-state index contributed by atoms with van der Waals surface area (Å²) in [5.74, 6) is 0.901. The summed E-state index contributed by atoms with van der Waals surface area (Å²) in [6.45, 7) is 1.95. The molecule has 0 bridgehead atoms. The quantitative estimate of drug-likeness (QED) is 0.560. The Bertz CT molecular complexity index is 233. The fraction of sp³-hybridized carbons (Fsp3) is 0.333. The Labute approximate surface area is 52.9 Å². The Morgan fingerprint density at radius 1 is 1.89 bits per heavy atom. The molecule has 0 amide bonds. The summed E-state index contributed by atoms with van der Waals surface area (Å²) in [7, 11) is 0. The van der Waals surface area contributed by atoms with E-state index >= 15 is 0 Å². The zero-order valence-electron chi connectivity index (χ0n) is 5.09. The highest BCUT2D eigenvalue weighted by molar-refractivity contribution is 5.07. The van der Waals surface area contributed by atoms with Crippen molar-refractivity contribution in [1.82, 2.24) is 4.98 Å². The molecule has 0 saturated carbocycles. The summed E-state index contributed by atoms with van der Waals surface area (Å²) in [6, 6.07) is 1.80. The summed E-state index contributed by atoms with van der Waals surface area (Å²) in [5, 5.41) is 8.24. The summed E-state index contributed by atoms with van der Waals surface area (Å²) in [5.41, 5.74) is 0. The van der Waals surface area contributed by atoms with Crippen LogP contribution < -0.4 is 0 Å². The van der Waals surface area contributed by atoms with Gasteiger partial charge in [0.25, 0.3) is 0 Å². The lowest BCUT2D eigenvalue weighted by atomic mass is 10.4. The lowest BCUT2D eigenvalue weighted by Crippen LogP contribution is -1.68. The standard InChI is InChI=1S/C6H6N2O/c1-2-5-4-8-6(3-7)9-5/h4H,2H2,1H3. The van der Waals surface area contributed by atoms with Gasteiger partial charge in [0.2, 0.25) is 0 Å². The largest absolute Gasteiger partial charge is 0.434 e. The monoisotopic (exact) mass is 122 g/mol. The van der Waals surface area contributed by atoms with E-state index in [1.807, 2.05) is 6.92 Å². The fourth-order valence-electron chi connectivity index (χ4n) is 0.523. The molecule has 0 N–H and O–H groups in total. The SMILES string of the molecule is CCc1cnc(C#N)o1. The first-order chi connectivity index (χ1) is 4.36. The molecule has 0 unspecified atom stereocenters. The van der Waals surface area contributed by atoms with Crippen LogP contribution in [0.15, 0.2) is 10.6 Å². The molecule has 0 fully saturated rings. The number of aromatic nitrogens is 1. The van der Waals surface area contributed by atoms with E-state index in [1.54, 1.807) is 12.3 Å². The van der Waals surface area contributed by atoms with E-state index < -0.39 is 0 Å². The molecule has 0 aliphatic carbocycles. The number of oxazole rings is 1. The normalized spacial score (nSPS) is 8.89. The van der Waals surface area contributed by atoms with Crippen LogP contribution in [0.2, 0.25) is 0 Å². The number of nitrogens with zero attached hydrogens (tertiary/aromatic N) is 2. The average molecular weight is 122 g/mol. The molecule has 46 valence electrons. The Kier molecular flexibility index (Phi) is 1.50. The molecule has 9 heavy (non-hydrogen) atoms. The van der Waals surface area contributed by atoms with Crippen LogP contribution >= 0.6 is 0 Å². The van der Waals surface area contributed by atoms with Crippen molar-refractivity contribution in [3.05, 3.63) is 17.8 Å². The topological polar surface area (TPSA) is 49.8 Å². The summed E-state index contributed by atoms with van der Waals surface area (Å²) in [4.78, 5) is 3.68. The van der Waals surface area contributed by atoms with E-state index in [-0.39, 0.29) is 5.89 Å². The molecule has 1 heterocycles. The van der Waals surface area contributed by atoms with Crippen molar-refractivity contribution in [2.45, 2.75) is 13.3 Å². The summed E-state index contributed by atoms with van der Waals surface area (Å²) >= 11 is 0. The second kappa shape index (κ2) is 2.31. The molecule has 1 rings (SSSR count). The molecule has 0 spiro atoms. The van der Waals surface area contributed by atoms with E-state index in [9.17, 15) is 0 Å². The third-order valence-electron chi connectivity index (χ3n) is 0.998. The number of nitriles is 1. The lowest BCUT2D eigenvalue weighted by molar-refractivity contribution is 0.497. The smallest absolute Gasteiger partial charge is 0.300 e. The maximum absolute atomic E-state index is 8.24. The van der Waals surface area contributed by atoms with Gasteiger partial charge in [-0.25, -0.2) is 4.98 Å². The van der Waals surface area contributed by atoms with E-state index in [1.165, 1.54) is 0 Å². The first-order valence-electron chi connectivity index (χ1n) is 2.71. The van der Waals surface area contributed by atoms with Crippen molar-refractivity contribution >= 4 is 0 Å². The van der Waals surface area contributed by atoms with E-state index in [2.05, 4.69) is 4.98 Å². The van der Waals surface area contributed by atoms with E-state index in [4.69, 9.17) is 9.68 Å². The minimum Gasteiger partial charge on any atom is -0.434 e. The Morgan fingerprint density at radius 3 is 3.00 bits per heavy atom. The molecule has 0 radical (unpaired) electrons. The second-order valence-electron chi connectivity index (χ2n) is 1.60. The molecule has 3 heteroatoms. The van der Waals surface area contributed by atoms with Gasteiger partial charge in [-0.3, -0.25) is 0 Å². The predicted octanol–water partition coefficient (Wildman–Crippen LogP) is 1.11. The first kappa shape index (κ1) is 5.83. The van der Waals surface area contributed by atoms with Crippen molar-refractivity contribution in [1.29, 1.82) is 5.26 Å². The minimum atomic E-state index is 0.145. The van der Waals surface area contributed by atoms with Crippen LogP contribution in [0, 0.1) is 11.3 Å². The van der Waals surface area contributed by atoms with Crippen LogP contribution in [0.5, 0.6) is 0 Å². The van der Waals surface area contributed by atoms with Crippen LogP contribution in [0.4, 0.5) is 0 Å². The molecule has 0 aromatic carbocycles. The maximum Gasteiger partial charge on any atom is 0.300 e. The molecule has 0 aliphatic rings. The third-order valence-corrected chi connectivity index (χ3v) is 0.998. The first-order valence-corrected chi connectivity index (χ1v) is 2.71. The molecule has 1 aromatic heterocycles. The van der Waals surface area contributed by atoms with Crippen molar-refractivity contribution in [2.75, 3.05) is 0 Å². The maximum atomic E-state index is 8.24. The Morgan fingerprint density at radius 2 is 2.67 bits per heavy atom. The molecule has 0 atom stereocenters. The van der Waals surface area contributed by atoms with Crippen molar-refractivity contribution in [2.24, 2.45) is 0 Å². The highest BCUT2D eigenvalue weighted by Crippen LogP contribution is 2.01.